The van der Waals surface area contributed by atoms with Crippen molar-refractivity contribution in [2.75, 3.05) is 6.61 Å². The van der Waals surface area contributed by atoms with Gasteiger partial charge in [-0.05, 0) is 29.8 Å². The van der Waals surface area contributed by atoms with Crippen molar-refractivity contribution in [3.05, 3.63) is 47.7 Å². The van der Waals surface area contributed by atoms with Gasteiger partial charge in [0.15, 0.2) is 0 Å². The first-order valence-electron chi connectivity index (χ1n) is 10.6. The van der Waals surface area contributed by atoms with Gasteiger partial charge in [-0.15, -0.1) is 0 Å². The number of fused-ring (bicyclic) bond motifs is 1. The number of nitrogens with zero attached hydrogens (tertiary/aromatic N) is 1. The van der Waals surface area contributed by atoms with Crippen molar-refractivity contribution in [3.63, 3.8) is 0 Å². The molecule has 2 aliphatic heterocycles. The van der Waals surface area contributed by atoms with Gasteiger partial charge in [0.05, 0.1) is 29.7 Å². The van der Waals surface area contributed by atoms with Gasteiger partial charge in [-0.1, -0.05) is 51.1 Å². The monoisotopic (exact) mass is 443 g/mol. The van der Waals surface area contributed by atoms with E-state index in [1.54, 1.807) is 4.90 Å². The fourth-order valence-corrected chi connectivity index (χ4v) is 5.34. The van der Waals surface area contributed by atoms with E-state index in [0.717, 1.165) is 5.56 Å². The molecule has 1 aromatic carbocycles. The maximum atomic E-state index is 12.8. The Hall–Kier alpha value is -2.61. The summed E-state index contributed by atoms with van der Waals surface area (Å²) in [6.45, 7) is 10.9. The summed E-state index contributed by atoms with van der Waals surface area (Å²) < 4.78 is 16.9. The predicted octanol–water partition coefficient (Wildman–Crippen LogP) is 4.17. The highest BCUT2D eigenvalue weighted by Gasteiger charge is 2.56. The Bertz CT molecular complexity index is 935. The van der Waals surface area contributed by atoms with Crippen molar-refractivity contribution in [2.45, 2.75) is 57.4 Å². The highest BCUT2D eigenvalue weighted by molar-refractivity contribution is 6.74. The minimum Gasteiger partial charge on any atom is -0.547 e. The highest BCUT2D eigenvalue weighted by Crippen LogP contribution is 2.45. The molecule has 166 valence electrons. The van der Waals surface area contributed by atoms with Crippen LogP contribution < -0.4 is 0 Å². The summed E-state index contributed by atoms with van der Waals surface area (Å²) in [5.74, 6) is -1.90. The van der Waals surface area contributed by atoms with E-state index in [-0.39, 0.29) is 17.7 Å². The molecule has 1 aromatic rings. The Labute approximate surface area is 183 Å². The molecule has 0 radical (unpaired) electrons. The van der Waals surface area contributed by atoms with Crippen LogP contribution in [0.5, 0.6) is 0 Å². The largest absolute Gasteiger partial charge is 0.547 e. The van der Waals surface area contributed by atoms with E-state index in [1.807, 2.05) is 36.4 Å². The second kappa shape index (κ2) is 7.51. The van der Waals surface area contributed by atoms with Crippen molar-refractivity contribution in [2.24, 2.45) is 11.8 Å². The minimum atomic E-state index is -2.18. The van der Waals surface area contributed by atoms with Crippen LogP contribution in [0.2, 0.25) is 18.1 Å². The second-order valence-corrected chi connectivity index (χ2v) is 14.7. The average molecular weight is 444 g/mol. The topological polar surface area (TPSA) is 82.1 Å². The summed E-state index contributed by atoms with van der Waals surface area (Å²) in [7, 11) is -2.18. The molecule has 0 N–H and O–H groups in total. The van der Waals surface area contributed by atoms with E-state index >= 15 is 0 Å². The van der Waals surface area contributed by atoms with Gasteiger partial charge in [-0.2, -0.15) is 0 Å². The van der Waals surface area contributed by atoms with Crippen molar-refractivity contribution in [3.8, 4) is 0 Å². The average Bonchev–Trinajstić information content (AvgIpc) is 3.20. The van der Waals surface area contributed by atoms with Crippen LogP contribution in [0.4, 0.5) is 4.79 Å². The number of esters is 2. The molecule has 0 bridgehead atoms. The molecule has 0 saturated carbocycles. The summed E-state index contributed by atoms with van der Waals surface area (Å²) in [5, 5.41) is -0.0364. The van der Waals surface area contributed by atoms with Gasteiger partial charge >= 0.3 is 18.0 Å². The quantitative estimate of drug-likeness (QED) is 0.395. The van der Waals surface area contributed by atoms with E-state index in [4.69, 9.17) is 13.9 Å². The van der Waals surface area contributed by atoms with Gasteiger partial charge in [0.25, 0.3) is 0 Å². The van der Waals surface area contributed by atoms with Crippen molar-refractivity contribution < 1.29 is 28.3 Å². The smallest absolute Gasteiger partial charge is 0.411 e. The molecule has 2 fully saturated rings. The van der Waals surface area contributed by atoms with Gasteiger partial charge < -0.3 is 13.9 Å². The molecular formula is C23H29NO6Si. The molecular weight excluding hydrogens is 414 g/mol. The van der Waals surface area contributed by atoms with Crippen molar-refractivity contribution in [1.82, 2.24) is 4.90 Å². The Morgan fingerprint density at radius 1 is 1.06 bits per heavy atom. The van der Waals surface area contributed by atoms with Crippen LogP contribution in [0.1, 0.15) is 38.8 Å². The lowest BCUT2D eigenvalue weighted by molar-refractivity contribution is -0.154. The number of benzene rings is 1. The Morgan fingerprint density at radius 2 is 1.74 bits per heavy atom. The molecule has 4 atom stereocenters. The molecule has 4 rings (SSSR count). The highest BCUT2D eigenvalue weighted by atomic mass is 28.4. The van der Waals surface area contributed by atoms with Crippen LogP contribution in [0.25, 0.3) is 0 Å². The van der Waals surface area contributed by atoms with E-state index in [2.05, 4.69) is 33.9 Å². The zero-order valence-electron chi connectivity index (χ0n) is 18.6. The standard InChI is InChI=1S/C23H29NO6Si/c1-23(2,3)31(4,5)30-15-11-16-19(21(26)29-20(16)25)17(12-15)24-18(13-28-22(24)27)14-9-7-6-8-10-14/h6-10,12,16-19H,11,13H2,1-5H3/t16-,17+,18-,19-/m0/s1. The van der Waals surface area contributed by atoms with E-state index in [9.17, 15) is 14.4 Å². The Morgan fingerprint density at radius 3 is 2.39 bits per heavy atom. The van der Waals surface area contributed by atoms with Crippen LogP contribution in [0.3, 0.4) is 0 Å². The number of ether oxygens (including phenoxy) is 2. The van der Waals surface area contributed by atoms with Crippen LogP contribution >= 0.6 is 0 Å². The van der Waals surface area contributed by atoms with Crippen LogP contribution in [0.15, 0.2) is 42.2 Å². The van der Waals surface area contributed by atoms with Gasteiger partial charge in [0, 0.05) is 6.42 Å². The Balaban J connectivity index is 1.74. The first-order valence-corrected chi connectivity index (χ1v) is 13.6. The number of carbonyl (C=O) groups excluding carboxylic acids is 3. The molecule has 3 aliphatic rings. The third-order valence-electron chi connectivity index (χ3n) is 6.96. The molecule has 1 aliphatic carbocycles. The molecule has 7 nitrogen and oxygen atoms in total. The normalized spacial score (nSPS) is 28.7. The molecule has 0 unspecified atom stereocenters. The first kappa shape index (κ1) is 21.6. The molecule has 0 aromatic heterocycles. The summed E-state index contributed by atoms with van der Waals surface area (Å²) in [6.07, 6.45) is 1.64. The van der Waals surface area contributed by atoms with Gasteiger partial charge in [-0.25, -0.2) is 4.79 Å². The molecule has 8 heteroatoms. The minimum absolute atomic E-state index is 0.0364. The van der Waals surface area contributed by atoms with Crippen LogP contribution in [-0.4, -0.2) is 43.9 Å². The molecule has 1 amide bonds. The number of carbonyl (C=O) groups is 3. The SMILES string of the molecule is CC(C)(C)[Si](C)(C)OC1=C[C@@H](N2C(=O)OC[C@H]2c2ccccc2)[C@H]2C(=O)OC(=O)[C@H]2C1. The maximum absolute atomic E-state index is 12.8. The molecule has 2 heterocycles. The second-order valence-electron chi connectivity index (χ2n) is 9.97. The lowest BCUT2D eigenvalue weighted by Crippen LogP contribution is -2.48. The summed E-state index contributed by atoms with van der Waals surface area (Å²) in [6, 6.07) is 8.53. The molecule has 2 saturated heterocycles. The summed E-state index contributed by atoms with van der Waals surface area (Å²) in [5.41, 5.74) is 0.911. The molecule has 0 spiro atoms. The third-order valence-corrected chi connectivity index (χ3v) is 11.3. The van der Waals surface area contributed by atoms with Gasteiger partial charge in [0.1, 0.15) is 6.61 Å². The number of cyclic esters (lactones) is 3. The number of allylic oxidation sites excluding steroid dienone is 1. The maximum Gasteiger partial charge on any atom is 0.411 e. The fourth-order valence-electron chi connectivity index (χ4n) is 4.22. The fraction of sp³-hybridized carbons (Fsp3) is 0.522. The van der Waals surface area contributed by atoms with E-state index in [1.165, 1.54) is 0 Å². The van der Waals surface area contributed by atoms with Gasteiger partial charge in [0.2, 0.25) is 8.32 Å². The van der Waals surface area contributed by atoms with E-state index < -0.39 is 44.2 Å². The number of hydrogen-bond acceptors (Lipinski definition) is 6. The summed E-state index contributed by atoms with van der Waals surface area (Å²) in [4.78, 5) is 39.4. The third kappa shape index (κ3) is 3.77. The number of rotatable bonds is 4. The van der Waals surface area contributed by atoms with Crippen LogP contribution in [-0.2, 0) is 23.5 Å². The van der Waals surface area contributed by atoms with Gasteiger partial charge in [-0.3, -0.25) is 14.5 Å². The summed E-state index contributed by atoms with van der Waals surface area (Å²) >= 11 is 0. The first-order chi connectivity index (χ1) is 14.5. The number of hydrogen-bond donors (Lipinski definition) is 0. The zero-order valence-corrected chi connectivity index (χ0v) is 19.6. The lowest BCUT2D eigenvalue weighted by Gasteiger charge is -2.41. The Kier molecular flexibility index (Phi) is 5.24. The predicted molar refractivity (Wildman–Crippen MR) is 115 cm³/mol. The zero-order chi connectivity index (χ0) is 22.6. The van der Waals surface area contributed by atoms with Crippen molar-refractivity contribution in [1.29, 1.82) is 0 Å². The molecule has 31 heavy (non-hydrogen) atoms. The lowest BCUT2D eigenvalue weighted by atomic mass is 9.79. The number of amides is 1. The van der Waals surface area contributed by atoms with E-state index in [0.29, 0.717) is 12.2 Å². The van der Waals surface area contributed by atoms with Crippen molar-refractivity contribution >= 4 is 26.3 Å². The van der Waals surface area contributed by atoms with Crippen LogP contribution in [0, 0.1) is 11.8 Å².